The number of nitrogens with one attached hydrogen (secondary N) is 2. The fraction of sp³-hybridized carbons (Fsp3) is 0.364. The lowest BCUT2D eigenvalue weighted by atomic mass is 9.77. The van der Waals surface area contributed by atoms with Crippen molar-refractivity contribution >= 4 is 11.8 Å². The number of rotatable bonds is 4. The topological polar surface area (TPSA) is 84.2 Å². The summed E-state index contributed by atoms with van der Waals surface area (Å²) in [6.07, 6.45) is 1.55. The van der Waals surface area contributed by atoms with E-state index in [1.807, 2.05) is 60.7 Å². The first-order chi connectivity index (χ1) is 12.9. The first kappa shape index (κ1) is 19.1. The Hall–Kier alpha value is -2.66. The van der Waals surface area contributed by atoms with E-state index in [1.54, 1.807) is 13.8 Å². The molecule has 5 heteroatoms. The van der Waals surface area contributed by atoms with Crippen LogP contribution in [-0.4, -0.2) is 23.4 Å². The van der Waals surface area contributed by atoms with Gasteiger partial charge in [-0.15, -0.1) is 0 Å². The molecule has 142 valence electrons. The van der Waals surface area contributed by atoms with Crippen molar-refractivity contribution in [3.05, 3.63) is 71.8 Å². The Morgan fingerprint density at radius 3 is 2.19 bits per heavy atom. The molecule has 0 aliphatic carbocycles. The van der Waals surface area contributed by atoms with E-state index in [4.69, 9.17) is 5.73 Å². The van der Waals surface area contributed by atoms with Crippen molar-refractivity contribution < 1.29 is 9.59 Å². The predicted octanol–water partition coefficient (Wildman–Crippen LogP) is 2.64. The quantitative estimate of drug-likeness (QED) is 0.779. The molecule has 1 fully saturated rings. The number of carbonyl (C=O) groups is 2. The maximum atomic E-state index is 13.3. The highest BCUT2D eigenvalue weighted by Crippen LogP contribution is 2.38. The summed E-state index contributed by atoms with van der Waals surface area (Å²) in [5.41, 5.74) is 6.79. The zero-order chi connectivity index (χ0) is 19.4. The molecule has 2 aromatic rings. The molecule has 0 radical (unpaired) electrons. The molecule has 1 heterocycles. The van der Waals surface area contributed by atoms with E-state index in [1.165, 1.54) is 0 Å². The Morgan fingerprint density at radius 2 is 1.63 bits per heavy atom. The Bertz CT molecular complexity index is 792. The van der Waals surface area contributed by atoms with Gasteiger partial charge in [0.05, 0.1) is 12.1 Å². The summed E-state index contributed by atoms with van der Waals surface area (Å²) in [4.78, 5) is 25.7. The molecule has 1 saturated heterocycles. The maximum absolute atomic E-state index is 13.3. The number of carbonyl (C=O) groups excluding carboxylic acids is 2. The van der Waals surface area contributed by atoms with Gasteiger partial charge in [-0.1, -0.05) is 60.7 Å². The standard InChI is InChI=1S/C22H27N3O2/c1-15(23)20(26)25-22(2)18(16-9-5-3-6-10-16)13-14-19(24-21(22)27)17-11-7-4-8-12-17/h3-12,15,18-19H,13-14,23H2,1-2H3,(H,24,27)(H,25,26)/t15-,18+,19-,22-/m0/s1. The van der Waals surface area contributed by atoms with Crippen LogP contribution < -0.4 is 16.4 Å². The number of hydrogen-bond acceptors (Lipinski definition) is 3. The number of nitrogens with two attached hydrogens (primary N) is 1. The third kappa shape index (κ3) is 4.03. The van der Waals surface area contributed by atoms with Crippen molar-refractivity contribution in [3.8, 4) is 0 Å². The van der Waals surface area contributed by atoms with Gasteiger partial charge in [0.2, 0.25) is 11.8 Å². The van der Waals surface area contributed by atoms with Gasteiger partial charge in [0.15, 0.2) is 0 Å². The van der Waals surface area contributed by atoms with Crippen LogP contribution in [0.3, 0.4) is 0 Å². The summed E-state index contributed by atoms with van der Waals surface area (Å²) in [6, 6.07) is 19.1. The van der Waals surface area contributed by atoms with Crippen LogP contribution in [0.25, 0.3) is 0 Å². The van der Waals surface area contributed by atoms with Crippen LogP contribution in [-0.2, 0) is 9.59 Å². The summed E-state index contributed by atoms with van der Waals surface area (Å²) in [5.74, 6) is -0.654. The molecular weight excluding hydrogens is 338 g/mol. The Kier molecular flexibility index (Phi) is 5.61. The third-order valence-corrected chi connectivity index (χ3v) is 5.42. The average Bonchev–Trinajstić information content (AvgIpc) is 2.80. The average molecular weight is 365 g/mol. The molecule has 2 aromatic carbocycles. The highest BCUT2D eigenvalue weighted by molar-refractivity contribution is 5.94. The van der Waals surface area contributed by atoms with Crippen LogP contribution in [0.5, 0.6) is 0 Å². The number of benzene rings is 2. The monoisotopic (exact) mass is 365 g/mol. The normalized spacial score (nSPS) is 26.6. The number of hydrogen-bond donors (Lipinski definition) is 3. The molecule has 1 aliphatic rings. The van der Waals surface area contributed by atoms with E-state index < -0.39 is 11.6 Å². The van der Waals surface area contributed by atoms with Crippen LogP contribution in [0.1, 0.15) is 49.8 Å². The summed E-state index contributed by atoms with van der Waals surface area (Å²) >= 11 is 0. The van der Waals surface area contributed by atoms with E-state index in [2.05, 4.69) is 10.6 Å². The van der Waals surface area contributed by atoms with Crippen LogP contribution in [0, 0.1) is 0 Å². The molecule has 4 N–H and O–H groups in total. The lowest BCUT2D eigenvalue weighted by Gasteiger charge is -2.36. The summed E-state index contributed by atoms with van der Waals surface area (Å²) < 4.78 is 0. The highest BCUT2D eigenvalue weighted by Gasteiger charge is 2.46. The van der Waals surface area contributed by atoms with E-state index >= 15 is 0 Å². The van der Waals surface area contributed by atoms with E-state index in [0.717, 1.165) is 24.0 Å². The van der Waals surface area contributed by atoms with Gasteiger partial charge in [0, 0.05) is 5.92 Å². The van der Waals surface area contributed by atoms with Crippen molar-refractivity contribution in [2.45, 2.75) is 50.2 Å². The molecule has 2 amide bonds. The fourth-order valence-corrected chi connectivity index (χ4v) is 3.79. The van der Waals surface area contributed by atoms with Gasteiger partial charge in [-0.2, -0.15) is 0 Å². The van der Waals surface area contributed by atoms with Gasteiger partial charge in [0.1, 0.15) is 5.54 Å². The fourth-order valence-electron chi connectivity index (χ4n) is 3.79. The molecule has 0 unspecified atom stereocenters. The zero-order valence-corrected chi connectivity index (χ0v) is 15.8. The Balaban J connectivity index is 1.98. The smallest absolute Gasteiger partial charge is 0.246 e. The van der Waals surface area contributed by atoms with Crippen molar-refractivity contribution in [2.75, 3.05) is 0 Å². The Labute approximate surface area is 160 Å². The highest BCUT2D eigenvalue weighted by atomic mass is 16.2. The maximum Gasteiger partial charge on any atom is 0.246 e. The second-order valence-corrected chi connectivity index (χ2v) is 7.46. The molecule has 0 aromatic heterocycles. The number of amides is 2. The third-order valence-electron chi connectivity index (χ3n) is 5.42. The molecule has 0 bridgehead atoms. The molecule has 4 atom stereocenters. The van der Waals surface area contributed by atoms with Crippen molar-refractivity contribution in [2.24, 2.45) is 5.73 Å². The molecule has 1 aliphatic heterocycles. The van der Waals surface area contributed by atoms with Gasteiger partial charge >= 0.3 is 0 Å². The van der Waals surface area contributed by atoms with Crippen molar-refractivity contribution in [1.82, 2.24) is 10.6 Å². The second kappa shape index (κ2) is 7.92. The first-order valence-corrected chi connectivity index (χ1v) is 9.40. The van der Waals surface area contributed by atoms with Crippen LogP contribution in [0.15, 0.2) is 60.7 Å². The largest absolute Gasteiger partial charge is 0.347 e. The van der Waals surface area contributed by atoms with Crippen LogP contribution in [0.4, 0.5) is 0 Å². The minimum Gasteiger partial charge on any atom is -0.347 e. The van der Waals surface area contributed by atoms with E-state index in [-0.39, 0.29) is 23.8 Å². The van der Waals surface area contributed by atoms with Gasteiger partial charge in [0.25, 0.3) is 0 Å². The van der Waals surface area contributed by atoms with Crippen LogP contribution >= 0.6 is 0 Å². The lowest BCUT2D eigenvalue weighted by Crippen LogP contribution is -2.61. The molecule has 5 nitrogen and oxygen atoms in total. The predicted molar refractivity (Wildman–Crippen MR) is 106 cm³/mol. The summed E-state index contributed by atoms with van der Waals surface area (Å²) in [5, 5.41) is 6.06. The summed E-state index contributed by atoms with van der Waals surface area (Å²) in [7, 11) is 0. The zero-order valence-electron chi connectivity index (χ0n) is 15.8. The van der Waals surface area contributed by atoms with Gasteiger partial charge in [-0.05, 0) is 37.8 Å². The second-order valence-electron chi connectivity index (χ2n) is 7.46. The minimum absolute atomic E-state index is 0.0843. The molecule has 0 saturated carbocycles. The van der Waals surface area contributed by atoms with E-state index in [0.29, 0.717) is 0 Å². The molecule has 27 heavy (non-hydrogen) atoms. The molecular formula is C22H27N3O2. The SMILES string of the molecule is C[C@H](N)C(=O)N[C@]1(C)C(=O)N[C@H](c2ccccc2)CC[C@@H]1c1ccccc1. The summed E-state index contributed by atoms with van der Waals surface area (Å²) in [6.45, 7) is 3.42. The molecule has 0 spiro atoms. The van der Waals surface area contributed by atoms with Gasteiger partial charge < -0.3 is 16.4 Å². The van der Waals surface area contributed by atoms with Gasteiger partial charge in [-0.3, -0.25) is 9.59 Å². The first-order valence-electron chi connectivity index (χ1n) is 9.40. The van der Waals surface area contributed by atoms with Crippen molar-refractivity contribution in [1.29, 1.82) is 0 Å². The lowest BCUT2D eigenvalue weighted by molar-refractivity contribution is -0.134. The minimum atomic E-state index is -1.07. The van der Waals surface area contributed by atoms with Crippen LogP contribution in [0.2, 0.25) is 0 Å². The van der Waals surface area contributed by atoms with Crippen molar-refractivity contribution in [3.63, 3.8) is 0 Å². The van der Waals surface area contributed by atoms with E-state index in [9.17, 15) is 9.59 Å². The van der Waals surface area contributed by atoms with Gasteiger partial charge in [-0.25, -0.2) is 0 Å². The molecule has 3 rings (SSSR count). The Morgan fingerprint density at radius 1 is 1.07 bits per heavy atom.